The number of piperidine rings is 1. The molecule has 0 atom stereocenters. The van der Waals surface area contributed by atoms with Gasteiger partial charge in [-0.2, -0.15) is 0 Å². The van der Waals surface area contributed by atoms with Crippen molar-refractivity contribution in [1.82, 2.24) is 10.2 Å². The number of likely N-dealkylation sites (tertiary alicyclic amines) is 1. The molecule has 0 unspecified atom stereocenters. The van der Waals surface area contributed by atoms with Gasteiger partial charge in [-0.25, -0.2) is 0 Å². The lowest BCUT2D eigenvalue weighted by atomic mass is 9.78. The molecule has 2 fully saturated rings. The minimum atomic E-state index is -0.386. The van der Waals surface area contributed by atoms with Gasteiger partial charge in [0.05, 0.1) is 7.11 Å². The summed E-state index contributed by atoms with van der Waals surface area (Å²) in [7, 11) is 1.64. The van der Waals surface area contributed by atoms with Crippen molar-refractivity contribution in [3.05, 3.63) is 29.8 Å². The summed E-state index contributed by atoms with van der Waals surface area (Å²) in [6, 6.07) is 7.71. The van der Waals surface area contributed by atoms with Crippen LogP contribution in [0.5, 0.6) is 5.75 Å². The van der Waals surface area contributed by atoms with Crippen LogP contribution in [0.3, 0.4) is 0 Å². The first-order chi connectivity index (χ1) is 12.0. The van der Waals surface area contributed by atoms with Gasteiger partial charge in [0, 0.05) is 31.0 Å². The van der Waals surface area contributed by atoms with Crippen LogP contribution < -0.4 is 10.1 Å². The maximum atomic E-state index is 12.7. The van der Waals surface area contributed by atoms with Crippen LogP contribution in [0, 0.1) is 11.3 Å². The number of carbonyl (C=O) groups excluding carboxylic acids is 2. The number of ether oxygens (including phenoxy) is 1. The maximum absolute atomic E-state index is 12.7. The second-order valence-electron chi connectivity index (χ2n) is 7.54. The Morgan fingerprint density at radius 2 is 1.84 bits per heavy atom. The monoisotopic (exact) mass is 344 g/mol. The minimum Gasteiger partial charge on any atom is -0.497 e. The molecule has 1 heterocycles. The topological polar surface area (TPSA) is 58.6 Å². The van der Waals surface area contributed by atoms with Crippen LogP contribution in [0.4, 0.5) is 0 Å². The molecule has 1 saturated heterocycles. The van der Waals surface area contributed by atoms with Crippen molar-refractivity contribution in [2.45, 2.75) is 45.6 Å². The molecule has 136 valence electrons. The molecule has 1 aliphatic carbocycles. The Morgan fingerprint density at radius 1 is 1.20 bits per heavy atom. The van der Waals surface area contributed by atoms with E-state index in [1.165, 1.54) is 6.42 Å². The zero-order valence-electron chi connectivity index (χ0n) is 15.2. The highest BCUT2D eigenvalue weighted by molar-refractivity contribution is 5.83. The lowest BCUT2D eigenvalue weighted by Crippen LogP contribution is -2.50. The highest BCUT2D eigenvalue weighted by Gasteiger charge is 2.39. The average molecular weight is 344 g/mol. The Kier molecular flexibility index (Phi) is 5.30. The number of methoxy groups -OCH3 is 1. The third kappa shape index (κ3) is 3.97. The van der Waals surface area contributed by atoms with Crippen molar-refractivity contribution in [2.24, 2.45) is 11.3 Å². The molecule has 1 N–H and O–H groups in total. The molecule has 0 bridgehead atoms. The SMILES string of the molecule is COc1ccc(CNC(=O)C2(C)CCN(C(=O)C3CCC3)CC2)cc1. The van der Waals surface area contributed by atoms with E-state index >= 15 is 0 Å². The van der Waals surface area contributed by atoms with E-state index in [1.54, 1.807) is 7.11 Å². The van der Waals surface area contributed by atoms with Crippen LogP contribution in [0.1, 0.15) is 44.6 Å². The van der Waals surface area contributed by atoms with Gasteiger partial charge in [0.2, 0.25) is 11.8 Å². The van der Waals surface area contributed by atoms with Crippen LogP contribution in [-0.4, -0.2) is 36.9 Å². The lowest BCUT2D eigenvalue weighted by Gasteiger charge is -2.40. The number of carbonyl (C=O) groups is 2. The molecule has 2 aliphatic rings. The Balaban J connectivity index is 1.49. The first-order valence-electron chi connectivity index (χ1n) is 9.22. The number of hydrogen-bond acceptors (Lipinski definition) is 3. The number of amides is 2. The Morgan fingerprint density at radius 3 is 2.36 bits per heavy atom. The lowest BCUT2D eigenvalue weighted by molar-refractivity contribution is -0.144. The molecule has 0 radical (unpaired) electrons. The predicted molar refractivity (Wildman–Crippen MR) is 96.1 cm³/mol. The highest BCUT2D eigenvalue weighted by atomic mass is 16.5. The normalized spacial score (nSPS) is 19.8. The number of rotatable bonds is 5. The van der Waals surface area contributed by atoms with Crippen LogP contribution in [0.2, 0.25) is 0 Å². The molecule has 0 aromatic heterocycles. The maximum Gasteiger partial charge on any atom is 0.226 e. The van der Waals surface area contributed by atoms with Crippen LogP contribution >= 0.6 is 0 Å². The molecule has 5 heteroatoms. The first kappa shape index (κ1) is 17.8. The molecule has 2 amide bonds. The third-order valence-electron chi connectivity index (χ3n) is 5.79. The van der Waals surface area contributed by atoms with Gasteiger partial charge < -0.3 is 15.0 Å². The Hall–Kier alpha value is -2.04. The van der Waals surface area contributed by atoms with Crippen molar-refractivity contribution in [1.29, 1.82) is 0 Å². The van der Waals surface area contributed by atoms with Gasteiger partial charge in [-0.3, -0.25) is 9.59 Å². The van der Waals surface area contributed by atoms with Crippen LogP contribution in [0.25, 0.3) is 0 Å². The summed E-state index contributed by atoms with van der Waals surface area (Å²) >= 11 is 0. The number of hydrogen-bond donors (Lipinski definition) is 1. The quantitative estimate of drug-likeness (QED) is 0.893. The zero-order chi connectivity index (χ0) is 17.9. The third-order valence-corrected chi connectivity index (χ3v) is 5.79. The van der Waals surface area contributed by atoms with E-state index in [-0.39, 0.29) is 17.2 Å². The van der Waals surface area contributed by atoms with Crippen molar-refractivity contribution in [3.63, 3.8) is 0 Å². The summed E-state index contributed by atoms with van der Waals surface area (Å²) in [5, 5.41) is 3.05. The summed E-state index contributed by atoms with van der Waals surface area (Å²) in [5.74, 6) is 1.43. The van der Waals surface area contributed by atoms with Gasteiger partial charge >= 0.3 is 0 Å². The van der Waals surface area contributed by atoms with Gasteiger partial charge in [0.15, 0.2) is 0 Å². The molecule has 1 aliphatic heterocycles. The predicted octanol–water partition coefficient (Wildman–Crippen LogP) is 2.74. The van der Waals surface area contributed by atoms with Crippen molar-refractivity contribution < 1.29 is 14.3 Å². The fourth-order valence-corrected chi connectivity index (χ4v) is 3.50. The van der Waals surface area contributed by atoms with Gasteiger partial charge in [0.25, 0.3) is 0 Å². The second-order valence-corrected chi connectivity index (χ2v) is 7.54. The molecule has 25 heavy (non-hydrogen) atoms. The molecular formula is C20H28N2O3. The van der Waals surface area contributed by atoms with Gasteiger partial charge in [-0.05, 0) is 43.4 Å². The fraction of sp³-hybridized carbons (Fsp3) is 0.600. The number of benzene rings is 1. The van der Waals surface area contributed by atoms with Crippen molar-refractivity contribution in [2.75, 3.05) is 20.2 Å². The largest absolute Gasteiger partial charge is 0.497 e. The van der Waals surface area contributed by atoms with E-state index in [1.807, 2.05) is 36.1 Å². The van der Waals surface area contributed by atoms with E-state index in [0.29, 0.717) is 25.5 Å². The van der Waals surface area contributed by atoms with Crippen LogP contribution in [0.15, 0.2) is 24.3 Å². The summed E-state index contributed by atoms with van der Waals surface area (Å²) in [5.41, 5.74) is 0.665. The number of nitrogens with one attached hydrogen (secondary N) is 1. The second kappa shape index (κ2) is 7.46. The van der Waals surface area contributed by atoms with Crippen LogP contribution in [-0.2, 0) is 16.1 Å². The van der Waals surface area contributed by atoms with E-state index in [4.69, 9.17) is 4.74 Å². The Bertz CT molecular complexity index is 614. The molecule has 1 aromatic carbocycles. The molecule has 3 rings (SSSR count). The highest BCUT2D eigenvalue weighted by Crippen LogP contribution is 2.34. The van der Waals surface area contributed by atoms with Crippen molar-refractivity contribution >= 4 is 11.8 Å². The zero-order valence-corrected chi connectivity index (χ0v) is 15.2. The fourth-order valence-electron chi connectivity index (χ4n) is 3.50. The summed E-state index contributed by atoms with van der Waals surface area (Å²) in [4.78, 5) is 27.0. The molecule has 0 spiro atoms. The van der Waals surface area contributed by atoms with E-state index in [0.717, 1.165) is 37.0 Å². The summed E-state index contributed by atoms with van der Waals surface area (Å²) < 4.78 is 5.14. The number of nitrogens with zero attached hydrogens (tertiary/aromatic N) is 1. The standard InChI is InChI=1S/C20H28N2O3/c1-20(10-12-22(13-11-20)18(23)16-4-3-5-16)19(24)21-14-15-6-8-17(25-2)9-7-15/h6-9,16H,3-5,10-14H2,1-2H3,(H,21,24). The smallest absolute Gasteiger partial charge is 0.226 e. The molecule has 1 saturated carbocycles. The Labute approximate surface area is 149 Å². The van der Waals surface area contributed by atoms with Gasteiger partial charge in [0.1, 0.15) is 5.75 Å². The van der Waals surface area contributed by atoms with E-state index in [2.05, 4.69) is 5.32 Å². The first-order valence-corrected chi connectivity index (χ1v) is 9.22. The van der Waals surface area contributed by atoms with Crippen molar-refractivity contribution in [3.8, 4) is 5.75 Å². The molecule has 1 aromatic rings. The summed E-state index contributed by atoms with van der Waals surface area (Å²) in [6.45, 7) is 3.92. The minimum absolute atomic E-state index is 0.0825. The van der Waals surface area contributed by atoms with Gasteiger partial charge in [-0.15, -0.1) is 0 Å². The average Bonchev–Trinajstić information content (AvgIpc) is 2.59. The van der Waals surface area contributed by atoms with Gasteiger partial charge in [-0.1, -0.05) is 25.5 Å². The van der Waals surface area contributed by atoms with E-state index in [9.17, 15) is 9.59 Å². The summed E-state index contributed by atoms with van der Waals surface area (Å²) in [6.07, 6.45) is 4.72. The molecule has 5 nitrogen and oxygen atoms in total. The molecular weight excluding hydrogens is 316 g/mol. The van der Waals surface area contributed by atoms with E-state index < -0.39 is 0 Å².